The van der Waals surface area contributed by atoms with Crippen LogP contribution in [0.3, 0.4) is 0 Å². The van der Waals surface area contributed by atoms with E-state index >= 15 is 0 Å². The Bertz CT molecular complexity index is 1540. The zero-order chi connectivity index (χ0) is 30.2. The molecule has 4 aromatic rings. The van der Waals surface area contributed by atoms with Gasteiger partial charge in [0.1, 0.15) is 5.69 Å². The van der Waals surface area contributed by atoms with Gasteiger partial charge in [0.25, 0.3) is 5.91 Å². The molecule has 1 aliphatic rings. The summed E-state index contributed by atoms with van der Waals surface area (Å²) in [5.41, 5.74) is 4.58. The standard InChI is InChI=1S/C35H41ClN4O3/c1-3-10-34(41)40-18-9-17-37(25-27-11-5-4-6-12-27)19-20-38(26-29-15-16-30(36)24-32(29)40)35(42)33-23-28-13-7-8-14-31(28)39(33)21-22-43-2/h4-8,11-16,23-24H,3,9-10,17-22,25-26H2,1-2H3. The summed E-state index contributed by atoms with van der Waals surface area (Å²) in [4.78, 5) is 34.2. The number of aromatic nitrogens is 1. The van der Waals surface area contributed by atoms with Crippen LogP contribution in [0.25, 0.3) is 10.9 Å². The normalized spacial score (nSPS) is 14.9. The van der Waals surface area contributed by atoms with Crippen molar-refractivity contribution >= 4 is 40.0 Å². The minimum atomic E-state index is -0.0430. The molecule has 0 N–H and O–H groups in total. The van der Waals surface area contributed by atoms with E-state index in [1.165, 1.54) is 5.56 Å². The highest BCUT2D eigenvalue weighted by atomic mass is 35.5. The number of fused-ring (bicyclic) bond motifs is 2. The number of ether oxygens (including phenoxy) is 1. The lowest BCUT2D eigenvalue weighted by Crippen LogP contribution is -2.39. The van der Waals surface area contributed by atoms with Crippen molar-refractivity contribution in [2.45, 2.75) is 45.8 Å². The molecular formula is C35H41ClN4O3. The lowest BCUT2D eigenvalue weighted by molar-refractivity contribution is -0.118. The van der Waals surface area contributed by atoms with E-state index < -0.39 is 0 Å². The average Bonchev–Trinajstić information content (AvgIpc) is 3.38. The molecule has 1 aliphatic heterocycles. The number of anilines is 1. The molecular weight excluding hydrogens is 560 g/mol. The zero-order valence-electron chi connectivity index (χ0n) is 25.2. The van der Waals surface area contributed by atoms with E-state index in [1.54, 1.807) is 7.11 Å². The number of hydrogen-bond donors (Lipinski definition) is 0. The minimum Gasteiger partial charge on any atom is -0.383 e. The highest BCUT2D eigenvalue weighted by molar-refractivity contribution is 6.31. The first-order valence-electron chi connectivity index (χ1n) is 15.2. The van der Waals surface area contributed by atoms with Crippen LogP contribution in [0.2, 0.25) is 5.02 Å². The second-order valence-corrected chi connectivity index (χ2v) is 11.6. The van der Waals surface area contributed by atoms with Gasteiger partial charge < -0.3 is 19.1 Å². The fraction of sp³-hybridized carbons (Fsp3) is 0.371. The SMILES string of the molecule is CCCC(=O)N1CCCN(Cc2ccccc2)CCN(C(=O)c2cc3ccccc3n2CCOC)Cc2ccc(Cl)cc21. The number of nitrogens with zero attached hydrogens (tertiary/aromatic N) is 4. The van der Waals surface area contributed by atoms with Crippen LogP contribution in [-0.4, -0.2) is 66.1 Å². The first kappa shape index (κ1) is 30.8. The highest BCUT2D eigenvalue weighted by Gasteiger charge is 2.26. The molecule has 0 saturated carbocycles. The maximum atomic E-state index is 14.5. The monoisotopic (exact) mass is 600 g/mol. The summed E-state index contributed by atoms with van der Waals surface area (Å²) in [6, 6.07) is 26.2. The number of halogens is 1. The number of carbonyl (C=O) groups is 2. The van der Waals surface area contributed by atoms with Crippen LogP contribution in [0.1, 0.15) is 47.8 Å². The molecule has 0 aliphatic carbocycles. The summed E-state index contributed by atoms with van der Waals surface area (Å²) in [5, 5.41) is 1.60. The highest BCUT2D eigenvalue weighted by Crippen LogP contribution is 2.29. The van der Waals surface area contributed by atoms with Gasteiger partial charge in [0.15, 0.2) is 0 Å². The van der Waals surface area contributed by atoms with E-state index in [0.717, 1.165) is 48.1 Å². The molecule has 0 fully saturated rings. The van der Waals surface area contributed by atoms with Crippen LogP contribution >= 0.6 is 11.6 Å². The smallest absolute Gasteiger partial charge is 0.270 e. The summed E-state index contributed by atoms with van der Waals surface area (Å²) in [7, 11) is 1.68. The van der Waals surface area contributed by atoms with Crippen molar-refractivity contribution in [2.24, 2.45) is 0 Å². The topological polar surface area (TPSA) is 58.0 Å². The van der Waals surface area contributed by atoms with Crippen LogP contribution in [0, 0.1) is 0 Å². The summed E-state index contributed by atoms with van der Waals surface area (Å²) in [6.45, 7) is 6.89. The van der Waals surface area contributed by atoms with E-state index in [9.17, 15) is 9.59 Å². The number of benzene rings is 3. The van der Waals surface area contributed by atoms with Gasteiger partial charge in [-0.15, -0.1) is 0 Å². The molecule has 226 valence electrons. The van der Waals surface area contributed by atoms with Crippen molar-refractivity contribution in [3.63, 3.8) is 0 Å². The zero-order valence-corrected chi connectivity index (χ0v) is 25.9. The Hall–Kier alpha value is -3.65. The van der Waals surface area contributed by atoms with Gasteiger partial charge in [-0.1, -0.05) is 73.1 Å². The predicted molar refractivity (Wildman–Crippen MR) is 174 cm³/mol. The number of para-hydroxylation sites is 1. The Morgan fingerprint density at radius 2 is 1.70 bits per heavy atom. The largest absolute Gasteiger partial charge is 0.383 e. The molecule has 2 heterocycles. The van der Waals surface area contributed by atoms with Gasteiger partial charge in [0.2, 0.25) is 5.91 Å². The Labute approximate surface area is 259 Å². The average molecular weight is 601 g/mol. The van der Waals surface area contributed by atoms with E-state index in [-0.39, 0.29) is 11.8 Å². The van der Waals surface area contributed by atoms with Gasteiger partial charge in [-0.25, -0.2) is 0 Å². The van der Waals surface area contributed by atoms with Crippen molar-refractivity contribution in [3.8, 4) is 0 Å². The summed E-state index contributed by atoms with van der Waals surface area (Å²) >= 11 is 6.50. The lowest BCUT2D eigenvalue weighted by Gasteiger charge is -2.29. The number of rotatable bonds is 8. The van der Waals surface area contributed by atoms with Crippen LogP contribution in [0.4, 0.5) is 5.69 Å². The third-order valence-corrected chi connectivity index (χ3v) is 8.33. The minimum absolute atomic E-state index is 0.0430. The second kappa shape index (κ2) is 14.7. The summed E-state index contributed by atoms with van der Waals surface area (Å²) in [6.07, 6.45) is 2.04. The van der Waals surface area contributed by atoms with Crippen molar-refractivity contribution in [2.75, 3.05) is 44.8 Å². The molecule has 8 heteroatoms. The fourth-order valence-corrected chi connectivity index (χ4v) is 6.07. The number of hydrogen-bond acceptors (Lipinski definition) is 4. The molecule has 0 spiro atoms. The quantitative estimate of drug-likeness (QED) is 0.228. The van der Waals surface area contributed by atoms with E-state index in [2.05, 4.69) is 33.7 Å². The first-order valence-corrected chi connectivity index (χ1v) is 15.6. The predicted octanol–water partition coefficient (Wildman–Crippen LogP) is 6.62. The molecule has 43 heavy (non-hydrogen) atoms. The molecule has 0 radical (unpaired) electrons. The van der Waals surface area contributed by atoms with Crippen LogP contribution in [-0.2, 0) is 29.2 Å². The molecule has 5 rings (SSSR count). The van der Waals surface area contributed by atoms with Crippen molar-refractivity contribution in [1.29, 1.82) is 0 Å². The molecule has 0 atom stereocenters. The molecule has 0 bridgehead atoms. The van der Waals surface area contributed by atoms with Crippen molar-refractivity contribution in [1.82, 2.24) is 14.4 Å². The number of amides is 2. The molecule has 0 saturated heterocycles. The molecule has 2 amide bonds. The molecule has 1 aromatic heterocycles. The Kier molecular flexibility index (Phi) is 10.5. The van der Waals surface area contributed by atoms with Crippen molar-refractivity contribution < 1.29 is 14.3 Å². The van der Waals surface area contributed by atoms with Gasteiger partial charge in [0.05, 0.1) is 12.3 Å². The van der Waals surface area contributed by atoms with E-state index in [1.807, 2.05) is 71.3 Å². The van der Waals surface area contributed by atoms with E-state index in [4.69, 9.17) is 16.3 Å². The number of methoxy groups -OCH3 is 1. The third-order valence-electron chi connectivity index (χ3n) is 8.09. The fourth-order valence-electron chi connectivity index (χ4n) is 5.91. The summed E-state index contributed by atoms with van der Waals surface area (Å²) < 4.78 is 7.47. The summed E-state index contributed by atoms with van der Waals surface area (Å²) in [5.74, 6) is 0.0380. The molecule has 7 nitrogen and oxygen atoms in total. The Balaban J connectivity index is 1.55. The van der Waals surface area contributed by atoms with Crippen molar-refractivity contribution in [3.05, 3.63) is 101 Å². The van der Waals surface area contributed by atoms with Gasteiger partial charge in [-0.3, -0.25) is 14.5 Å². The van der Waals surface area contributed by atoms with Crippen LogP contribution < -0.4 is 4.90 Å². The lowest BCUT2D eigenvalue weighted by atomic mass is 10.1. The third kappa shape index (κ3) is 7.47. The molecule has 3 aromatic carbocycles. The van der Waals surface area contributed by atoms with Gasteiger partial charge >= 0.3 is 0 Å². The Morgan fingerprint density at radius 3 is 2.49 bits per heavy atom. The number of carbonyl (C=O) groups excluding carboxylic acids is 2. The van der Waals surface area contributed by atoms with Gasteiger partial charge in [0, 0.05) is 75.3 Å². The van der Waals surface area contributed by atoms with E-state index in [0.29, 0.717) is 56.5 Å². The molecule has 0 unspecified atom stereocenters. The second-order valence-electron chi connectivity index (χ2n) is 11.1. The maximum Gasteiger partial charge on any atom is 0.270 e. The van der Waals surface area contributed by atoms with Gasteiger partial charge in [-0.05, 0) is 48.2 Å². The Morgan fingerprint density at radius 1 is 0.907 bits per heavy atom. The van der Waals surface area contributed by atoms with Crippen LogP contribution in [0.15, 0.2) is 78.9 Å². The maximum absolute atomic E-state index is 14.5. The van der Waals surface area contributed by atoms with Crippen LogP contribution in [0.5, 0.6) is 0 Å². The van der Waals surface area contributed by atoms with Gasteiger partial charge in [-0.2, -0.15) is 0 Å². The first-order chi connectivity index (χ1) is 21.0.